The maximum atomic E-state index is 12.2. The van der Waals surface area contributed by atoms with Gasteiger partial charge in [-0.15, -0.1) is 0 Å². The molecule has 0 fully saturated rings. The number of hydrogen-bond donors (Lipinski definition) is 3. The van der Waals surface area contributed by atoms with Gasteiger partial charge in [-0.3, -0.25) is 9.59 Å². The molecule has 0 aliphatic carbocycles. The van der Waals surface area contributed by atoms with E-state index in [9.17, 15) is 19.5 Å². The van der Waals surface area contributed by atoms with Gasteiger partial charge in [-0.1, -0.05) is 25.5 Å². The minimum absolute atomic E-state index is 0.301. The van der Waals surface area contributed by atoms with Crippen molar-refractivity contribution in [3.05, 3.63) is 29.8 Å². The molecule has 0 saturated carbocycles. The summed E-state index contributed by atoms with van der Waals surface area (Å²) in [5, 5.41) is 14.2. The molecule has 132 valence electrons. The number of amides is 2. The Hall–Kier alpha value is -2.57. The average Bonchev–Trinajstić information content (AvgIpc) is 2.53. The Balaban J connectivity index is 2.67. The third kappa shape index (κ3) is 5.26. The number of aliphatic carboxylic acids is 1. The predicted molar refractivity (Wildman–Crippen MR) is 89.0 cm³/mol. The summed E-state index contributed by atoms with van der Waals surface area (Å²) in [5.41, 5.74) is -1.03. The molecule has 24 heavy (non-hydrogen) atoms. The maximum absolute atomic E-state index is 12.2. The average molecular weight is 336 g/mol. The summed E-state index contributed by atoms with van der Waals surface area (Å²) in [6, 6.07) is 6.70. The van der Waals surface area contributed by atoms with E-state index in [1.807, 2.05) is 13.8 Å². The SMILES string of the molecule is CCCC(C)(NC(=O)CNC(=O)c1ccccc1OCC)C(=O)O. The van der Waals surface area contributed by atoms with Crippen LogP contribution in [0.2, 0.25) is 0 Å². The van der Waals surface area contributed by atoms with E-state index in [-0.39, 0.29) is 6.54 Å². The minimum atomic E-state index is -1.35. The molecule has 1 unspecified atom stereocenters. The van der Waals surface area contributed by atoms with Crippen molar-refractivity contribution in [2.24, 2.45) is 0 Å². The first kappa shape index (κ1) is 19.5. The van der Waals surface area contributed by atoms with Gasteiger partial charge in [0, 0.05) is 0 Å². The molecule has 0 radical (unpaired) electrons. The van der Waals surface area contributed by atoms with Crippen molar-refractivity contribution in [3.63, 3.8) is 0 Å². The Morgan fingerprint density at radius 3 is 2.46 bits per heavy atom. The lowest BCUT2D eigenvalue weighted by molar-refractivity contribution is -0.147. The molecule has 0 spiro atoms. The number of carbonyl (C=O) groups excluding carboxylic acids is 2. The van der Waals surface area contributed by atoms with E-state index in [4.69, 9.17) is 4.74 Å². The second kappa shape index (κ2) is 8.90. The van der Waals surface area contributed by atoms with E-state index in [1.54, 1.807) is 24.3 Å². The van der Waals surface area contributed by atoms with E-state index in [0.29, 0.717) is 30.8 Å². The number of para-hydroxylation sites is 1. The Bertz CT molecular complexity index is 602. The van der Waals surface area contributed by atoms with Crippen molar-refractivity contribution in [1.82, 2.24) is 10.6 Å². The van der Waals surface area contributed by atoms with Crippen LogP contribution in [0.5, 0.6) is 5.75 Å². The fourth-order valence-electron chi connectivity index (χ4n) is 2.27. The number of carboxylic acid groups (broad SMARTS) is 1. The molecule has 1 atom stereocenters. The molecule has 0 aliphatic rings. The van der Waals surface area contributed by atoms with Gasteiger partial charge in [0.1, 0.15) is 11.3 Å². The summed E-state index contributed by atoms with van der Waals surface area (Å²) >= 11 is 0. The van der Waals surface area contributed by atoms with E-state index in [1.165, 1.54) is 6.92 Å². The summed E-state index contributed by atoms with van der Waals surface area (Å²) in [4.78, 5) is 35.5. The molecule has 0 aromatic heterocycles. The van der Waals surface area contributed by atoms with Crippen LogP contribution < -0.4 is 15.4 Å². The van der Waals surface area contributed by atoms with Crippen LogP contribution in [0.25, 0.3) is 0 Å². The first-order valence-corrected chi connectivity index (χ1v) is 7.88. The first-order chi connectivity index (χ1) is 11.3. The van der Waals surface area contributed by atoms with Gasteiger partial charge in [-0.2, -0.15) is 0 Å². The Morgan fingerprint density at radius 2 is 1.88 bits per heavy atom. The smallest absolute Gasteiger partial charge is 0.329 e. The number of carboxylic acids is 1. The van der Waals surface area contributed by atoms with Crippen molar-refractivity contribution in [2.75, 3.05) is 13.2 Å². The van der Waals surface area contributed by atoms with Crippen LogP contribution in [0.4, 0.5) is 0 Å². The topological polar surface area (TPSA) is 105 Å². The van der Waals surface area contributed by atoms with Gasteiger partial charge in [0.15, 0.2) is 0 Å². The summed E-state index contributed by atoms with van der Waals surface area (Å²) in [5.74, 6) is -1.69. The second-order valence-corrected chi connectivity index (χ2v) is 5.55. The second-order valence-electron chi connectivity index (χ2n) is 5.55. The third-order valence-corrected chi connectivity index (χ3v) is 3.48. The van der Waals surface area contributed by atoms with Crippen LogP contribution in [0, 0.1) is 0 Å². The van der Waals surface area contributed by atoms with Crippen LogP contribution in [-0.4, -0.2) is 41.6 Å². The molecule has 2 amide bonds. The van der Waals surface area contributed by atoms with Crippen LogP contribution >= 0.6 is 0 Å². The van der Waals surface area contributed by atoms with Crippen LogP contribution in [-0.2, 0) is 9.59 Å². The highest BCUT2D eigenvalue weighted by Crippen LogP contribution is 2.17. The van der Waals surface area contributed by atoms with Gasteiger partial charge < -0.3 is 20.5 Å². The summed E-state index contributed by atoms with van der Waals surface area (Å²) < 4.78 is 5.37. The lowest BCUT2D eigenvalue weighted by Crippen LogP contribution is -2.54. The van der Waals surface area contributed by atoms with E-state index in [0.717, 1.165) is 0 Å². The molecule has 1 aromatic rings. The van der Waals surface area contributed by atoms with Crippen molar-refractivity contribution < 1.29 is 24.2 Å². The quantitative estimate of drug-likeness (QED) is 0.635. The third-order valence-electron chi connectivity index (χ3n) is 3.48. The van der Waals surface area contributed by atoms with Crippen molar-refractivity contribution >= 4 is 17.8 Å². The molecule has 1 rings (SSSR count). The van der Waals surface area contributed by atoms with Crippen molar-refractivity contribution in [3.8, 4) is 5.75 Å². The lowest BCUT2D eigenvalue weighted by atomic mass is 9.96. The predicted octanol–water partition coefficient (Wildman–Crippen LogP) is 1.57. The lowest BCUT2D eigenvalue weighted by Gasteiger charge is -2.25. The highest BCUT2D eigenvalue weighted by Gasteiger charge is 2.33. The molecule has 7 nitrogen and oxygen atoms in total. The van der Waals surface area contributed by atoms with Gasteiger partial charge in [-0.05, 0) is 32.4 Å². The fourth-order valence-corrected chi connectivity index (χ4v) is 2.27. The largest absolute Gasteiger partial charge is 0.493 e. The monoisotopic (exact) mass is 336 g/mol. The fraction of sp³-hybridized carbons (Fsp3) is 0.471. The molecular weight excluding hydrogens is 312 g/mol. The number of benzene rings is 1. The van der Waals surface area contributed by atoms with Gasteiger partial charge >= 0.3 is 5.97 Å². The molecule has 1 aromatic carbocycles. The minimum Gasteiger partial charge on any atom is -0.493 e. The van der Waals surface area contributed by atoms with Gasteiger partial charge in [0.2, 0.25) is 5.91 Å². The zero-order chi connectivity index (χ0) is 18.2. The maximum Gasteiger partial charge on any atom is 0.329 e. The number of hydrogen-bond acceptors (Lipinski definition) is 4. The molecule has 0 bridgehead atoms. The number of nitrogens with one attached hydrogen (secondary N) is 2. The molecular formula is C17H24N2O5. The normalized spacial score (nSPS) is 12.8. The highest BCUT2D eigenvalue weighted by molar-refractivity contribution is 5.99. The standard InChI is InChI=1S/C17H24N2O5/c1-4-10-17(3,16(22)23)19-14(20)11-18-15(21)12-8-6-7-9-13(12)24-5-2/h6-9H,4-5,10-11H2,1-3H3,(H,18,21)(H,19,20)(H,22,23). The number of ether oxygens (including phenoxy) is 1. The molecule has 7 heteroatoms. The van der Waals surface area contributed by atoms with Crippen LogP contribution in [0.1, 0.15) is 44.0 Å². The molecule has 0 saturated heterocycles. The molecule has 3 N–H and O–H groups in total. The highest BCUT2D eigenvalue weighted by atomic mass is 16.5. The van der Waals surface area contributed by atoms with Gasteiger partial charge in [0.05, 0.1) is 18.7 Å². The van der Waals surface area contributed by atoms with E-state index >= 15 is 0 Å². The van der Waals surface area contributed by atoms with Crippen molar-refractivity contribution in [2.45, 2.75) is 39.2 Å². The van der Waals surface area contributed by atoms with Crippen LogP contribution in [0.15, 0.2) is 24.3 Å². The number of rotatable bonds is 9. The van der Waals surface area contributed by atoms with Crippen LogP contribution in [0.3, 0.4) is 0 Å². The van der Waals surface area contributed by atoms with Crippen molar-refractivity contribution in [1.29, 1.82) is 0 Å². The summed E-state index contributed by atoms with van der Waals surface area (Å²) in [6.45, 7) is 5.19. The zero-order valence-electron chi connectivity index (χ0n) is 14.2. The summed E-state index contributed by atoms with van der Waals surface area (Å²) in [6.07, 6.45) is 0.909. The van der Waals surface area contributed by atoms with Gasteiger partial charge in [0.25, 0.3) is 5.91 Å². The molecule has 0 heterocycles. The zero-order valence-corrected chi connectivity index (χ0v) is 14.2. The Labute approximate surface area is 141 Å². The van der Waals surface area contributed by atoms with E-state index in [2.05, 4.69) is 10.6 Å². The van der Waals surface area contributed by atoms with Gasteiger partial charge in [-0.25, -0.2) is 4.79 Å². The molecule has 0 aliphatic heterocycles. The number of carbonyl (C=O) groups is 3. The Kier molecular flexibility index (Phi) is 7.23. The first-order valence-electron chi connectivity index (χ1n) is 7.88. The van der Waals surface area contributed by atoms with E-state index < -0.39 is 23.3 Å². The Morgan fingerprint density at radius 1 is 1.21 bits per heavy atom. The summed E-state index contributed by atoms with van der Waals surface area (Å²) in [7, 11) is 0.